The van der Waals surface area contributed by atoms with Gasteiger partial charge < -0.3 is 18.8 Å². The fraction of sp³-hybridized carbons (Fsp3) is 0.281. The molecular weight excluding hydrogens is 462 g/mol. The summed E-state index contributed by atoms with van der Waals surface area (Å²) in [6.45, 7) is 7.52. The molecule has 0 aliphatic rings. The predicted octanol–water partition coefficient (Wildman–Crippen LogP) is 7.30. The van der Waals surface area contributed by atoms with Crippen LogP contribution in [0, 0.1) is 0 Å². The summed E-state index contributed by atoms with van der Waals surface area (Å²) in [4.78, 5) is 13.8. The van der Waals surface area contributed by atoms with Crippen LogP contribution in [-0.4, -0.2) is 11.2 Å². The number of aryl methyl sites for hydroxylation is 1. The van der Waals surface area contributed by atoms with Gasteiger partial charge in [0.15, 0.2) is 5.75 Å². The summed E-state index contributed by atoms with van der Waals surface area (Å²) in [6, 6.07) is 25.7. The van der Waals surface area contributed by atoms with Crippen molar-refractivity contribution in [1.82, 2.24) is 4.57 Å². The molecule has 0 unspecified atom stereocenters. The van der Waals surface area contributed by atoms with E-state index in [1.54, 1.807) is 10.6 Å². The zero-order valence-corrected chi connectivity index (χ0v) is 21.5. The number of rotatable bonds is 14. The van der Waals surface area contributed by atoms with Crippen LogP contribution in [0.1, 0.15) is 43.7 Å². The van der Waals surface area contributed by atoms with Gasteiger partial charge >= 0.3 is 0 Å². The lowest BCUT2D eigenvalue weighted by Crippen LogP contribution is -2.24. The lowest BCUT2D eigenvalue weighted by Gasteiger charge is -2.19. The maximum Gasteiger partial charge on any atom is 0.297 e. The smallest absolute Gasteiger partial charge is 0.297 e. The van der Waals surface area contributed by atoms with Crippen LogP contribution in [0.15, 0.2) is 96.3 Å². The molecule has 0 radical (unpaired) electrons. The number of ether oxygens (including phenoxy) is 3. The number of aromatic nitrogens is 1. The van der Waals surface area contributed by atoms with E-state index in [1.807, 2.05) is 78.9 Å². The van der Waals surface area contributed by atoms with Gasteiger partial charge in [-0.1, -0.05) is 99.5 Å². The van der Waals surface area contributed by atoms with E-state index < -0.39 is 0 Å². The van der Waals surface area contributed by atoms with E-state index in [4.69, 9.17) is 14.2 Å². The molecule has 0 spiro atoms. The van der Waals surface area contributed by atoms with Crippen molar-refractivity contribution in [3.63, 3.8) is 0 Å². The van der Waals surface area contributed by atoms with Crippen LogP contribution in [0.25, 0.3) is 10.9 Å². The first-order chi connectivity index (χ1) is 18.2. The van der Waals surface area contributed by atoms with Gasteiger partial charge in [-0.25, -0.2) is 0 Å². The summed E-state index contributed by atoms with van der Waals surface area (Å²) in [6.07, 6.45) is 5.87. The van der Waals surface area contributed by atoms with E-state index in [-0.39, 0.29) is 17.9 Å². The highest BCUT2D eigenvalue weighted by Crippen LogP contribution is 2.35. The molecule has 0 bridgehead atoms. The molecule has 4 rings (SSSR count). The van der Waals surface area contributed by atoms with Gasteiger partial charge in [0, 0.05) is 18.0 Å². The van der Waals surface area contributed by atoms with Crippen molar-refractivity contribution in [3.8, 4) is 17.2 Å². The molecule has 0 amide bonds. The first-order valence-electron chi connectivity index (χ1n) is 13.0. The highest BCUT2D eigenvalue weighted by atomic mass is 16.5. The van der Waals surface area contributed by atoms with Crippen molar-refractivity contribution in [3.05, 3.63) is 113 Å². The summed E-state index contributed by atoms with van der Waals surface area (Å²) in [7, 11) is 0. The Morgan fingerprint density at radius 1 is 0.784 bits per heavy atom. The number of hydrogen-bond donors (Lipinski definition) is 0. The normalized spacial score (nSPS) is 10.8. The van der Waals surface area contributed by atoms with E-state index in [0.717, 1.165) is 47.7 Å². The fourth-order valence-corrected chi connectivity index (χ4v) is 4.27. The quantitative estimate of drug-likeness (QED) is 0.135. The van der Waals surface area contributed by atoms with Gasteiger partial charge in [-0.05, 0) is 29.7 Å². The van der Waals surface area contributed by atoms with E-state index in [9.17, 15) is 4.79 Å². The van der Waals surface area contributed by atoms with Crippen molar-refractivity contribution < 1.29 is 14.2 Å². The molecule has 1 heterocycles. The zero-order chi connectivity index (χ0) is 25.9. The van der Waals surface area contributed by atoms with Crippen LogP contribution in [0.2, 0.25) is 0 Å². The summed E-state index contributed by atoms with van der Waals surface area (Å²) in [5.74, 6) is 1.37. The Labute approximate surface area is 218 Å². The van der Waals surface area contributed by atoms with Gasteiger partial charge in [0.2, 0.25) is 5.75 Å². The molecule has 0 aliphatic heterocycles. The first-order valence-corrected chi connectivity index (χ1v) is 13.0. The maximum absolute atomic E-state index is 13.8. The summed E-state index contributed by atoms with van der Waals surface area (Å²) in [5.41, 5.74) is 2.67. The second kappa shape index (κ2) is 13.4. The molecule has 0 saturated carbocycles. The number of hydrogen-bond acceptors (Lipinski definition) is 4. The van der Waals surface area contributed by atoms with Gasteiger partial charge in [0.25, 0.3) is 5.56 Å². The van der Waals surface area contributed by atoms with Crippen LogP contribution < -0.4 is 19.8 Å². The van der Waals surface area contributed by atoms with Crippen LogP contribution in [0.4, 0.5) is 0 Å². The predicted molar refractivity (Wildman–Crippen MR) is 150 cm³/mol. The zero-order valence-electron chi connectivity index (χ0n) is 21.5. The molecule has 37 heavy (non-hydrogen) atoms. The van der Waals surface area contributed by atoms with Crippen molar-refractivity contribution in [1.29, 1.82) is 0 Å². The van der Waals surface area contributed by atoms with Crippen molar-refractivity contribution in [2.24, 2.45) is 0 Å². The monoisotopic (exact) mass is 497 g/mol. The molecule has 0 saturated heterocycles. The van der Waals surface area contributed by atoms with E-state index in [2.05, 4.69) is 13.5 Å². The second-order valence-corrected chi connectivity index (χ2v) is 9.00. The Bertz CT molecular complexity index is 1350. The van der Waals surface area contributed by atoms with Crippen LogP contribution in [0.3, 0.4) is 0 Å². The van der Waals surface area contributed by atoms with Gasteiger partial charge in [0.1, 0.15) is 25.6 Å². The molecule has 0 aliphatic carbocycles. The summed E-state index contributed by atoms with van der Waals surface area (Å²) < 4.78 is 20.1. The standard InChI is InChI=1S/C32H35NO4/c1-3-5-6-13-20-33-29-22-27(36-23-25-14-9-7-10-15-25)18-19-28(29)30(31(32(33)34)35-21-4-2)37-24-26-16-11-8-12-17-26/h4,7-12,14-19,22H,2-3,5-6,13,20-21,23-24H2,1H3. The third-order valence-corrected chi connectivity index (χ3v) is 6.21. The number of unbranched alkanes of at least 4 members (excludes halogenated alkanes) is 3. The molecular formula is C32H35NO4. The molecule has 5 nitrogen and oxygen atoms in total. The van der Waals surface area contributed by atoms with Gasteiger partial charge in [-0.3, -0.25) is 4.79 Å². The van der Waals surface area contributed by atoms with Crippen molar-refractivity contribution in [2.75, 3.05) is 6.61 Å². The average Bonchev–Trinajstić information content (AvgIpc) is 2.94. The molecule has 0 atom stereocenters. The summed E-state index contributed by atoms with van der Waals surface area (Å²) in [5, 5.41) is 0.817. The van der Waals surface area contributed by atoms with Crippen molar-refractivity contribution >= 4 is 10.9 Å². The third kappa shape index (κ3) is 6.82. The Morgan fingerprint density at radius 3 is 2.11 bits per heavy atom. The summed E-state index contributed by atoms with van der Waals surface area (Å²) >= 11 is 0. The van der Waals surface area contributed by atoms with E-state index in [1.165, 1.54) is 0 Å². The third-order valence-electron chi connectivity index (χ3n) is 6.21. The largest absolute Gasteiger partial charge is 0.489 e. The Morgan fingerprint density at radius 2 is 1.46 bits per heavy atom. The average molecular weight is 498 g/mol. The fourth-order valence-electron chi connectivity index (χ4n) is 4.27. The molecule has 3 aromatic carbocycles. The highest BCUT2D eigenvalue weighted by molar-refractivity contribution is 5.89. The lowest BCUT2D eigenvalue weighted by molar-refractivity contribution is 0.274. The number of fused-ring (bicyclic) bond motifs is 1. The molecule has 4 aromatic rings. The van der Waals surface area contributed by atoms with Crippen LogP contribution in [-0.2, 0) is 19.8 Å². The Hall–Kier alpha value is -3.99. The minimum atomic E-state index is -0.200. The minimum Gasteiger partial charge on any atom is -0.489 e. The van der Waals surface area contributed by atoms with Crippen molar-refractivity contribution in [2.45, 2.75) is 52.4 Å². The molecule has 192 valence electrons. The SMILES string of the molecule is C=CCOc1c(OCc2ccccc2)c2ccc(OCc3ccccc3)cc2n(CCCCCC)c1=O. The van der Waals surface area contributed by atoms with Crippen LogP contribution >= 0.6 is 0 Å². The second-order valence-electron chi connectivity index (χ2n) is 9.00. The molecule has 1 aromatic heterocycles. The molecule has 5 heteroatoms. The van der Waals surface area contributed by atoms with E-state index >= 15 is 0 Å². The van der Waals surface area contributed by atoms with Crippen LogP contribution in [0.5, 0.6) is 17.2 Å². The minimum absolute atomic E-state index is 0.200. The maximum atomic E-state index is 13.8. The van der Waals surface area contributed by atoms with Gasteiger partial charge in [0.05, 0.1) is 5.52 Å². The first kappa shape index (κ1) is 26.1. The number of nitrogens with zero attached hydrogens (tertiary/aromatic N) is 1. The highest BCUT2D eigenvalue weighted by Gasteiger charge is 2.20. The Balaban J connectivity index is 1.75. The lowest BCUT2D eigenvalue weighted by atomic mass is 10.1. The topological polar surface area (TPSA) is 49.7 Å². The number of benzene rings is 3. The molecule has 0 fully saturated rings. The molecule has 0 N–H and O–H groups in total. The van der Waals surface area contributed by atoms with Gasteiger partial charge in [-0.15, -0.1) is 0 Å². The number of pyridine rings is 1. The Kier molecular flexibility index (Phi) is 9.41. The van der Waals surface area contributed by atoms with Gasteiger partial charge in [-0.2, -0.15) is 0 Å². The van der Waals surface area contributed by atoms with E-state index in [0.29, 0.717) is 31.3 Å².